The maximum Gasteiger partial charge on any atom is 0.174 e. The van der Waals surface area contributed by atoms with Gasteiger partial charge in [-0.15, -0.1) is 0 Å². The van der Waals surface area contributed by atoms with E-state index >= 15 is 0 Å². The summed E-state index contributed by atoms with van der Waals surface area (Å²) in [6.45, 7) is 5.13. The number of thiophene rings is 1. The molecule has 0 aromatic carbocycles. The fourth-order valence-electron chi connectivity index (χ4n) is 1.51. The Morgan fingerprint density at radius 2 is 2.06 bits per heavy atom. The molecule has 1 atom stereocenters. The predicted octanol–water partition coefficient (Wildman–Crippen LogP) is 1.52. The topological polar surface area (TPSA) is 56.5 Å². The minimum atomic E-state index is -0.292. The van der Waals surface area contributed by atoms with Crippen LogP contribution < -0.4 is 11.3 Å². The van der Waals surface area contributed by atoms with Crippen molar-refractivity contribution in [2.45, 2.75) is 32.6 Å². The normalized spacial score (nSPS) is 13.2. The predicted molar refractivity (Wildman–Crippen MR) is 66.2 cm³/mol. The van der Waals surface area contributed by atoms with Crippen LogP contribution >= 0.6 is 11.3 Å². The van der Waals surface area contributed by atoms with E-state index in [0.717, 1.165) is 6.42 Å². The lowest BCUT2D eigenvalue weighted by atomic mass is 10.1. The summed E-state index contributed by atoms with van der Waals surface area (Å²) in [6.07, 6.45) is 0.518. The van der Waals surface area contributed by atoms with E-state index in [4.69, 9.17) is 15.3 Å². The molecule has 92 valence electrons. The lowest BCUT2D eigenvalue weighted by Gasteiger charge is -2.25. The van der Waals surface area contributed by atoms with Crippen LogP contribution in [0.3, 0.4) is 0 Å². The molecular formula is C11H20N2O2S. The van der Waals surface area contributed by atoms with Crippen LogP contribution in [0.25, 0.3) is 0 Å². The number of nitrogens with two attached hydrogens (primary N) is 1. The highest BCUT2D eigenvalue weighted by molar-refractivity contribution is 7.07. The van der Waals surface area contributed by atoms with E-state index in [2.05, 4.69) is 22.3 Å². The third kappa shape index (κ3) is 4.19. The van der Waals surface area contributed by atoms with Crippen molar-refractivity contribution in [3.8, 4) is 0 Å². The van der Waals surface area contributed by atoms with Crippen molar-refractivity contribution in [1.29, 1.82) is 0 Å². The quantitative estimate of drug-likeness (QED) is 0.413. The second kappa shape index (κ2) is 7.76. The van der Waals surface area contributed by atoms with Crippen molar-refractivity contribution in [2.75, 3.05) is 13.2 Å². The van der Waals surface area contributed by atoms with Crippen LogP contribution in [-0.4, -0.2) is 25.5 Å². The second-order valence-corrected chi connectivity index (χ2v) is 4.17. The summed E-state index contributed by atoms with van der Waals surface area (Å²) in [4.78, 5) is 0. The standard InChI is InChI=1S/C11H20N2O2S/c1-3-14-11(15-4-2)10(13-12)7-9-5-6-16-8-9/h5-6,8,10-11,13H,3-4,7,12H2,1-2H3. The third-order valence-electron chi connectivity index (χ3n) is 2.24. The number of nitrogens with one attached hydrogen (secondary N) is 1. The zero-order valence-electron chi connectivity index (χ0n) is 9.81. The van der Waals surface area contributed by atoms with Gasteiger partial charge in [0.1, 0.15) is 0 Å². The molecule has 16 heavy (non-hydrogen) atoms. The van der Waals surface area contributed by atoms with Crippen molar-refractivity contribution < 1.29 is 9.47 Å². The molecule has 0 radical (unpaired) electrons. The Morgan fingerprint density at radius 3 is 2.50 bits per heavy atom. The number of hydrazine groups is 1. The lowest BCUT2D eigenvalue weighted by molar-refractivity contribution is -0.153. The highest BCUT2D eigenvalue weighted by Crippen LogP contribution is 2.12. The Labute approximate surface area is 101 Å². The van der Waals surface area contributed by atoms with Gasteiger partial charge in [-0.3, -0.25) is 11.3 Å². The first-order chi connectivity index (χ1) is 7.81. The Morgan fingerprint density at radius 1 is 1.38 bits per heavy atom. The van der Waals surface area contributed by atoms with Gasteiger partial charge in [0.15, 0.2) is 6.29 Å². The molecule has 0 saturated carbocycles. The van der Waals surface area contributed by atoms with Gasteiger partial charge < -0.3 is 9.47 Å². The molecule has 1 aromatic rings. The molecule has 3 N–H and O–H groups in total. The van der Waals surface area contributed by atoms with Gasteiger partial charge in [-0.2, -0.15) is 11.3 Å². The van der Waals surface area contributed by atoms with Gasteiger partial charge >= 0.3 is 0 Å². The van der Waals surface area contributed by atoms with Crippen LogP contribution in [0.5, 0.6) is 0 Å². The molecule has 0 spiro atoms. The summed E-state index contributed by atoms with van der Waals surface area (Å²) in [7, 11) is 0. The molecule has 1 unspecified atom stereocenters. The Bertz CT molecular complexity index is 261. The summed E-state index contributed by atoms with van der Waals surface area (Å²) in [6, 6.07) is 2.07. The molecule has 0 fully saturated rings. The maximum absolute atomic E-state index is 5.54. The number of hydrogen-bond acceptors (Lipinski definition) is 5. The first kappa shape index (κ1) is 13.6. The first-order valence-electron chi connectivity index (χ1n) is 5.52. The van der Waals surface area contributed by atoms with Gasteiger partial charge in [-0.05, 0) is 42.7 Å². The highest BCUT2D eigenvalue weighted by Gasteiger charge is 2.21. The molecule has 0 saturated heterocycles. The van der Waals surface area contributed by atoms with Crippen LogP contribution in [0.1, 0.15) is 19.4 Å². The first-order valence-corrected chi connectivity index (χ1v) is 6.46. The summed E-state index contributed by atoms with van der Waals surface area (Å²) in [5.74, 6) is 5.54. The average Bonchev–Trinajstić information content (AvgIpc) is 2.78. The molecule has 1 aromatic heterocycles. The molecule has 4 nitrogen and oxygen atoms in total. The number of ether oxygens (including phenoxy) is 2. The zero-order chi connectivity index (χ0) is 11.8. The minimum Gasteiger partial charge on any atom is -0.351 e. The third-order valence-corrected chi connectivity index (χ3v) is 2.97. The van der Waals surface area contributed by atoms with E-state index in [1.54, 1.807) is 11.3 Å². The molecule has 1 heterocycles. The molecule has 0 aliphatic carbocycles. The monoisotopic (exact) mass is 244 g/mol. The summed E-state index contributed by atoms with van der Waals surface area (Å²) < 4.78 is 11.0. The van der Waals surface area contributed by atoms with Crippen molar-refractivity contribution >= 4 is 11.3 Å². The smallest absolute Gasteiger partial charge is 0.174 e. The number of rotatable bonds is 8. The Kier molecular flexibility index (Phi) is 6.59. The van der Waals surface area contributed by atoms with E-state index in [1.165, 1.54) is 5.56 Å². The fraction of sp³-hybridized carbons (Fsp3) is 0.636. The van der Waals surface area contributed by atoms with Crippen molar-refractivity contribution in [1.82, 2.24) is 5.43 Å². The van der Waals surface area contributed by atoms with Crippen molar-refractivity contribution in [2.24, 2.45) is 5.84 Å². The van der Waals surface area contributed by atoms with Crippen LogP contribution in [-0.2, 0) is 15.9 Å². The summed E-state index contributed by atoms with van der Waals surface area (Å²) in [5.41, 5.74) is 4.01. The molecule has 0 bridgehead atoms. The van der Waals surface area contributed by atoms with Crippen molar-refractivity contribution in [3.05, 3.63) is 22.4 Å². The maximum atomic E-state index is 5.54. The van der Waals surface area contributed by atoms with E-state index < -0.39 is 0 Å². The molecular weight excluding hydrogens is 224 g/mol. The lowest BCUT2D eigenvalue weighted by Crippen LogP contribution is -2.47. The fourth-order valence-corrected chi connectivity index (χ4v) is 2.19. The van der Waals surface area contributed by atoms with Gasteiger partial charge in [-0.25, -0.2) is 0 Å². The largest absolute Gasteiger partial charge is 0.351 e. The van der Waals surface area contributed by atoms with E-state index in [-0.39, 0.29) is 12.3 Å². The summed E-state index contributed by atoms with van der Waals surface area (Å²) >= 11 is 1.68. The van der Waals surface area contributed by atoms with Crippen LogP contribution in [0.4, 0.5) is 0 Å². The van der Waals surface area contributed by atoms with E-state index in [9.17, 15) is 0 Å². The molecule has 0 aliphatic heterocycles. The van der Waals surface area contributed by atoms with E-state index in [1.807, 2.05) is 13.8 Å². The van der Waals surface area contributed by atoms with Crippen LogP contribution in [0.2, 0.25) is 0 Å². The van der Waals surface area contributed by atoms with Gasteiger partial charge in [0.2, 0.25) is 0 Å². The second-order valence-electron chi connectivity index (χ2n) is 3.39. The van der Waals surface area contributed by atoms with Gasteiger partial charge in [0.25, 0.3) is 0 Å². The van der Waals surface area contributed by atoms with Gasteiger partial charge in [-0.1, -0.05) is 0 Å². The number of hydrogen-bond donors (Lipinski definition) is 2. The molecule has 1 rings (SSSR count). The Hall–Kier alpha value is -0.460. The summed E-state index contributed by atoms with van der Waals surface area (Å²) in [5, 5.41) is 4.17. The van der Waals surface area contributed by atoms with E-state index in [0.29, 0.717) is 13.2 Å². The SMILES string of the molecule is CCOC(OCC)C(Cc1ccsc1)NN. The van der Waals surface area contributed by atoms with Crippen LogP contribution in [0.15, 0.2) is 16.8 Å². The zero-order valence-corrected chi connectivity index (χ0v) is 10.6. The Balaban J connectivity index is 2.55. The van der Waals surface area contributed by atoms with Gasteiger partial charge in [0, 0.05) is 13.2 Å². The molecule has 0 amide bonds. The molecule has 0 aliphatic rings. The van der Waals surface area contributed by atoms with Gasteiger partial charge in [0.05, 0.1) is 6.04 Å². The minimum absolute atomic E-state index is 0.0190. The highest BCUT2D eigenvalue weighted by atomic mass is 32.1. The average molecular weight is 244 g/mol. The van der Waals surface area contributed by atoms with Crippen molar-refractivity contribution in [3.63, 3.8) is 0 Å². The molecule has 5 heteroatoms. The van der Waals surface area contributed by atoms with Crippen LogP contribution in [0, 0.1) is 0 Å².